The van der Waals surface area contributed by atoms with Gasteiger partial charge in [0, 0.05) is 32.4 Å². The van der Waals surface area contributed by atoms with Crippen LogP contribution >= 0.6 is 11.3 Å². The molecule has 144 valence electrons. The third-order valence-corrected chi connectivity index (χ3v) is 5.61. The van der Waals surface area contributed by atoms with E-state index in [1.54, 1.807) is 12.4 Å². The van der Waals surface area contributed by atoms with Crippen LogP contribution in [0.1, 0.15) is 20.4 Å². The molecule has 1 N–H and O–H groups in total. The highest BCUT2D eigenvalue weighted by Crippen LogP contribution is 2.20. The Bertz CT molecular complexity index is 950. The Morgan fingerprint density at radius 1 is 1.04 bits per heavy atom. The van der Waals surface area contributed by atoms with Crippen molar-refractivity contribution in [3.05, 3.63) is 52.4 Å². The van der Waals surface area contributed by atoms with Gasteiger partial charge < -0.3 is 15.1 Å². The zero-order chi connectivity index (χ0) is 19.5. The maximum atomic E-state index is 12.4. The summed E-state index contributed by atoms with van der Waals surface area (Å²) < 4.78 is 0. The molecular weight excluding hydrogens is 374 g/mol. The Labute approximate surface area is 167 Å². The first-order valence-electron chi connectivity index (χ1n) is 9.08. The van der Waals surface area contributed by atoms with Gasteiger partial charge in [0.25, 0.3) is 5.91 Å². The summed E-state index contributed by atoms with van der Waals surface area (Å²) in [4.78, 5) is 34.9. The maximum Gasteiger partial charge on any atom is 0.267 e. The fourth-order valence-electron chi connectivity index (χ4n) is 3.16. The predicted octanol–water partition coefficient (Wildman–Crippen LogP) is 2.52. The normalized spacial score (nSPS) is 14.2. The second-order valence-electron chi connectivity index (χ2n) is 6.54. The number of thiazole rings is 1. The number of nitrogens with zero attached hydrogens (tertiary/aromatic N) is 6. The number of carbonyl (C=O) groups excluding carboxylic acids is 1. The summed E-state index contributed by atoms with van der Waals surface area (Å²) in [5.74, 6) is 1.49. The molecule has 1 aliphatic rings. The van der Waals surface area contributed by atoms with Gasteiger partial charge in [-0.15, -0.1) is 11.3 Å². The fourth-order valence-corrected chi connectivity index (χ4v) is 3.97. The van der Waals surface area contributed by atoms with Crippen LogP contribution in [0.25, 0.3) is 0 Å². The molecule has 9 heteroatoms. The molecule has 0 aliphatic carbocycles. The monoisotopic (exact) mass is 395 g/mol. The molecule has 4 heterocycles. The molecule has 3 aromatic rings. The highest BCUT2D eigenvalue weighted by atomic mass is 32.1. The number of piperazine rings is 1. The first-order chi connectivity index (χ1) is 13.6. The SMILES string of the molecule is Cc1nc(C)c(C(=O)Nc2cnc(N3CCN(c4ccccn4)CC3)nc2)s1. The van der Waals surface area contributed by atoms with Crippen LogP contribution in [0.4, 0.5) is 17.5 Å². The van der Waals surface area contributed by atoms with Crippen LogP contribution in [0.2, 0.25) is 0 Å². The van der Waals surface area contributed by atoms with E-state index in [1.807, 2.05) is 38.2 Å². The number of pyridine rings is 1. The zero-order valence-corrected chi connectivity index (χ0v) is 16.6. The average Bonchev–Trinajstić information content (AvgIpc) is 3.07. The second-order valence-corrected chi connectivity index (χ2v) is 7.74. The summed E-state index contributed by atoms with van der Waals surface area (Å²) in [7, 11) is 0. The van der Waals surface area contributed by atoms with Crippen LogP contribution in [0.5, 0.6) is 0 Å². The fraction of sp³-hybridized carbons (Fsp3) is 0.316. The standard InChI is InChI=1S/C19H21N7OS/c1-13-17(28-14(2)23-13)18(27)24-15-11-21-19(22-12-15)26-9-7-25(8-10-26)16-5-3-4-6-20-16/h3-6,11-12H,7-10H2,1-2H3,(H,24,27). The molecule has 8 nitrogen and oxygen atoms in total. The summed E-state index contributed by atoms with van der Waals surface area (Å²) in [6.45, 7) is 7.09. The molecule has 3 aromatic heterocycles. The predicted molar refractivity (Wildman–Crippen MR) is 110 cm³/mol. The molecule has 1 aliphatic heterocycles. The average molecular weight is 395 g/mol. The first kappa shape index (κ1) is 18.3. The minimum absolute atomic E-state index is 0.177. The molecule has 1 fully saturated rings. The van der Waals surface area contributed by atoms with Crippen molar-refractivity contribution in [3.63, 3.8) is 0 Å². The minimum Gasteiger partial charge on any atom is -0.353 e. The Balaban J connectivity index is 1.36. The van der Waals surface area contributed by atoms with Gasteiger partial charge in [-0.3, -0.25) is 4.79 Å². The Morgan fingerprint density at radius 2 is 1.75 bits per heavy atom. The lowest BCUT2D eigenvalue weighted by Crippen LogP contribution is -2.47. The van der Waals surface area contributed by atoms with E-state index in [0.717, 1.165) is 42.7 Å². The molecule has 0 unspecified atom stereocenters. The van der Waals surface area contributed by atoms with Crippen molar-refractivity contribution in [2.75, 3.05) is 41.3 Å². The van der Waals surface area contributed by atoms with Gasteiger partial charge in [0.2, 0.25) is 5.95 Å². The third-order valence-electron chi connectivity index (χ3n) is 4.54. The van der Waals surface area contributed by atoms with E-state index >= 15 is 0 Å². The van der Waals surface area contributed by atoms with Gasteiger partial charge in [0.1, 0.15) is 10.7 Å². The largest absolute Gasteiger partial charge is 0.353 e. The lowest BCUT2D eigenvalue weighted by atomic mass is 10.3. The lowest BCUT2D eigenvalue weighted by Gasteiger charge is -2.35. The number of aryl methyl sites for hydroxylation is 2. The van der Waals surface area contributed by atoms with Crippen molar-refractivity contribution < 1.29 is 4.79 Å². The number of carbonyl (C=O) groups is 1. The smallest absolute Gasteiger partial charge is 0.267 e. The van der Waals surface area contributed by atoms with E-state index in [2.05, 4.69) is 35.1 Å². The number of amides is 1. The van der Waals surface area contributed by atoms with Crippen LogP contribution in [-0.4, -0.2) is 52.0 Å². The van der Waals surface area contributed by atoms with Gasteiger partial charge in [-0.25, -0.2) is 19.9 Å². The molecule has 0 bridgehead atoms. The van der Waals surface area contributed by atoms with E-state index in [4.69, 9.17) is 0 Å². The van der Waals surface area contributed by atoms with E-state index in [-0.39, 0.29) is 5.91 Å². The second kappa shape index (κ2) is 7.89. The van der Waals surface area contributed by atoms with E-state index in [0.29, 0.717) is 16.5 Å². The molecule has 0 saturated carbocycles. The van der Waals surface area contributed by atoms with Crippen molar-refractivity contribution in [2.45, 2.75) is 13.8 Å². The zero-order valence-electron chi connectivity index (χ0n) is 15.8. The van der Waals surface area contributed by atoms with Crippen LogP contribution in [0.3, 0.4) is 0 Å². The Morgan fingerprint density at radius 3 is 2.36 bits per heavy atom. The molecule has 0 radical (unpaired) electrons. The Hall–Kier alpha value is -3.07. The number of hydrogen-bond donors (Lipinski definition) is 1. The number of rotatable bonds is 4. The van der Waals surface area contributed by atoms with E-state index < -0.39 is 0 Å². The number of aromatic nitrogens is 4. The number of nitrogens with one attached hydrogen (secondary N) is 1. The first-order valence-corrected chi connectivity index (χ1v) is 9.90. The third kappa shape index (κ3) is 3.94. The molecule has 4 rings (SSSR count). The maximum absolute atomic E-state index is 12.4. The molecule has 1 saturated heterocycles. The summed E-state index contributed by atoms with van der Waals surface area (Å²) in [5, 5.41) is 3.72. The number of hydrogen-bond acceptors (Lipinski definition) is 8. The molecule has 28 heavy (non-hydrogen) atoms. The van der Waals surface area contributed by atoms with Gasteiger partial charge in [-0.05, 0) is 26.0 Å². The van der Waals surface area contributed by atoms with Crippen LogP contribution in [0.15, 0.2) is 36.8 Å². The lowest BCUT2D eigenvalue weighted by molar-refractivity contribution is 0.102. The molecular formula is C19H21N7OS. The topological polar surface area (TPSA) is 87.1 Å². The quantitative estimate of drug-likeness (QED) is 0.726. The van der Waals surface area contributed by atoms with Gasteiger partial charge in [-0.2, -0.15) is 0 Å². The van der Waals surface area contributed by atoms with E-state index in [9.17, 15) is 4.79 Å². The van der Waals surface area contributed by atoms with Crippen LogP contribution in [-0.2, 0) is 0 Å². The van der Waals surface area contributed by atoms with Crippen molar-refractivity contribution in [2.24, 2.45) is 0 Å². The van der Waals surface area contributed by atoms with Crippen molar-refractivity contribution in [1.29, 1.82) is 0 Å². The summed E-state index contributed by atoms with van der Waals surface area (Å²) >= 11 is 1.38. The molecule has 0 atom stereocenters. The highest BCUT2D eigenvalue weighted by Gasteiger charge is 2.20. The summed E-state index contributed by atoms with van der Waals surface area (Å²) in [6, 6.07) is 5.95. The van der Waals surface area contributed by atoms with Gasteiger partial charge >= 0.3 is 0 Å². The van der Waals surface area contributed by atoms with E-state index in [1.165, 1.54) is 11.3 Å². The van der Waals surface area contributed by atoms with Crippen LogP contribution in [0, 0.1) is 13.8 Å². The van der Waals surface area contributed by atoms with Gasteiger partial charge in [0.15, 0.2) is 0 Å². The minimum atomic E-state index is -0.177. The van der Waals surface area contributed by atoms with Crippen molar-refractivity contribution in [3.8, 4) is 0 Å². The number of anilines is 3. The molecule has 0 spiro atoms. The Kier molecular flexibility index (Phi) is 5.16. The summed E-state index contributed by atoms with van der Waals surface area (Å²) in [6.07, 6.45) is 5.11. The molecule has 0 aromatic carbocycles. The molecule has 1 amide bonds. The van der Waals surface area contributed by atoms with Crippen LogP contribution < -0.4 is 15.1 Å². The highest BCUT2D eigenvalue weighted by molar-refractivity contribution is 7.13. The van der Waals surface area contributed by atoms with Crippen molar-refractivity contribution in [1.82, 2.24) is 19.9 Å². The van der Waals surface area contributed by atoms with Crippen molar-refractivity contribution >= 4 is 34.7 Å². The van der Waals surface area contributed by atoms with Gasteiger partial charge in [-0.1, -0.05) is 6.07 Å². The summed E-state index contributed by atoms with van der Waals surface area (Å²) in [5.41, 5.74) is 1.31. The van der Waals surface area contributed by atoms with Gasteiger partial charge in [0.05, 0.1) is 28.8 Å².